The molecule has 3 rings (SSSR count). The molecule has 0 fully saturated rings. The highest BCUT2D eigenvalue weighted by Gasteiger charge is 2.16. The van der Waals surface area contributed by atoms with Crippen molar-refractivity contribution in [1.29, 1.82) is 0 Å². The molecule has 9 heteroatoms. The third-order valence-corrected chi connectivity index (χ3v) is 4.67. The van der Waals surface area contributed by atoms with Crippen LogP contribution in [0.2, 0.25) is 0 Å². The van der Waals surface area contributed by atoms with Gasteiger partial charge in [0.25, 0.3) is 5.91 Å². The molecule has 7 nitrogen and oxygen atoms in total. The van der Waals surface area contributed by atoms with Crippen molar-refractivity contribution < 1.29 is 19.1 Å². The van der Waals surface area contributed by atoms with Crippen molar-refractivity contribution in [3.05, 3.63) is 64.4 Å². The number of hydrogen-bond acceptors (Lipinski definition) is 6. The zero-order chi connectivity index (χ0) is 20.1. The number of rotatable bonds is 6. The molecule has 0 aliphatic carbocycles. The smallest absolute Gasteiger partial charge is 0.261 e. The van der Waals surface area contributed by atoms with Crippen LogP contribution in [0.5, 0.6) is 5.75 Å². The number of carbonyl (C=O) groups is 2. The number of carbonyl (C=O) groups excluding carboxylic acids is 2. The quantitative estimate of drug-likeness (QED) is 0.549. The van der Waals surface area contributed by atoms with E-state index < -0.39 is 5.91 Å². The molecule has 0 aliphatic rings. The average Bonchev–Trinajstić information content (AvgIpc) is 3.11. The van der Waals surface area contributed by atoms with Crippen LogP contribution >= 0.6 is 11.3 Å². The Hall–Kier alpha value is -3.33. The molecule has 0 bridgehead atoms. The highest BCUT2D eigenvalue weighted by atomic mass is 32.1. The number of anilines is 2. The van der Waals surface area contributed by atoms with E-state index in [9.17, 15) is 19.1 Å². The second-order valence-corrected chi connectivity index (χ2v) is 6.92. The average molecular weight is 400 g/mol. The Morgan fingerprint density at radius 1 is 1.14 bits per heavy atom. The summed E-state index contributed by atoms with van der Waals surface area (Å²) in [7, 11) is 0. The standard InChI is InChI=1S/C19H17FN4O3S/c1-2-16(26)21-12-7-8-15(25)13(10-12)18(27)22-19-24-23-17(28-19)9-11-5-3-4-6-14(11)20/h3-8,10,25H,2,9H2,1H3,(H,21,26)(H,22,24,27). The lowest BCUT2D eigenvalue weighted by atomic mass is 10.1. The van der Waals surface area contributed by atoms with Crippen molar-refractivity contribution in [3.63, 3.8) is 0 Å². The largest absolute Gasteiger partial charge is 0.507 e. The molecule has 1 heterocycles. The predicted octanol–water partition coefficient (Wildman–Crippen LogP) is 3.57. The van der Waals surface area contributed by atoms with Crippen molar-refractivity contribution >= 4 is 34.0 Å². The normalized spacial score (nSPS) is 10.5. The SMILES string of the molecule is CCC(=O)Nc1ccc(O)c(C(=O)Nc2nnc(Cc3ccccc3F)s2)c1. The Bertz CT molecular complexity index is 1020. The summed E-state index contributed by atoms with van der Waals surface area (Å²) in [6.45, 7) is 1.71. The zero-order valence-electron chi connectivity index (χ0n) is 14.9. The Balaban J connectivity index is 1.71. The summed E-state index contributed by atoms with van der Waals surface area (Å²) >= 11 is 1.11. The number of hydrogen-bond donors (Lipinski definition) is 3. The fourth-order valence-electron chi connectivity index (χ4n) is 2.39. The molecule has 0 saturated heterocycles. The summed E-state index contributed by atoms with van der Waals surface area (Å²) in [6.07, 6.45) is 0.544. The van der Waals surface area contributed by atoms with Crippen LogP contribution in [-0.4, -0.2) is 27.1 Å². The lowest BCUT2D eigenvalue weighted by Crippen LogP contribution is -2.14. The number of halogens is 1. The van der Waals surface area contributed by atoms with E-state index in [-0.39, 0.29) is 41.0 Å². The fourth-order valence-corrected chi connectivity index (χ4v) is 3.15. The molecule has 28 heavy (non-hydrogen) atoms. The highest BCUT2D eigenvalue weighted by molar-refractivity contribution is 7.15. The summed E-state index contributed by atoms with van der Waals surface area (Å²) in [6, 6.07) is 10.6. The molecule has 0 unspecified atom stereocenters. The third kappa shape index (κ3) is 4.68. The summed E-state index contributed by atoms with van der Waals surface area (Å²) in [5.74, 6) is -1.38. The summed E-state index contributed by atoms with van der Waals surface area (Å²) in [5.41, 5.74) is 0.862. The van der Waals surface area contributed by atoms with Gasteiger partial charge >= 0.3 is 0 Å². The van der Waals surface area contributed by atoms with Gasteiger partial charge in [-0.2, -0.15) is 0 Å². The maximum Gasteiger partial charge on any atom is 0.261 e. The van der Waals surface area contributed by atoms with E-state index in [1.165, 1.54) is 24.3 Å². The van der Waals surface area contributed by atoms with E-state index in [0.29, 0.717) is 16.3 Å². The first-order valence-electron chi connectivity index (χ1n) is 8.46. The first-order valence-corrected chi connectivity index (χ1v) is 9.28. The second kappa shape index (κ2) is 8.57. The summed E-state index contributed by atoms with van der Waals surface area (Å²) in [5, 5.41) is 23.7. The van der Waals surface area contributed by atoms with Crippen LogP contribution in [0.1, 0.15) is 34.3 Å². The van der Waals surface area contributed by atoms with Gasteiger partial charge in [0.1, 0.15) is 16.6 Å². The zero-order valence-corrected chi connectivity index (χ0v) is 15.7. The minimum absolute atomic E-state index is 0.0141. The Kier molecular flexibility index (Phi) is 5.95. The molecule has 0 atom stereocenters. The molecule has 0 spiro atoms. The number of nitrogens with one attached hydrogen (secondary N) is 2. The number of amides is 2. The number of phenolic OH excluding ortho intramolecular Hbond substituents is 1. The van der Waals surface area contributed by atoms with Crippen LogP contribution in [0, 0.1) is 5.82 Å². The van der Waals surface area contributed by atoms with Crippen molar-refractivity contribution in [2.24, 2.45) is 0 Å². The summed E-state index contributed by atoms with van der Waals surface area (Å²) in [4.78, 5) is 24.0. The lowest BCUT2D eigenvalue weighted by molar-refractivity contribution is -0.115. The van der Waals surface area contributed by atoms with E-state index in [4.69, 9.17) is 0 Å². The molecule has 0 aliphatic heterocycles. The number of phenols is 1. The van der Waals surface area contributed by atoms with E-state index in [1.54, 1.807) is 25.1 Å². The molecule has 144 valence electrons. The van der Waals surface area contributed by atoms with Crippen LogP contribution in [0.15, 0.2) is 42.5 Å². The van der Waals surface area contributed by atoms with Gasteiger partial charge in [-0.25, -0.2) is 4.39 Å². The van der Waals surface area contributed by atoms with Crippen molar-refractivity contribution in [2.75, 3.05) is 10.6 Å². The first-order chi connectivity index (χ1) is 13.5. The minimum Gasteiger partial charge on any atom is -0.507 e. The third-order valence-electron chi connectivity index (χ3n) is 3.83. The molecular weight excluding hydrogens is 383 g/mol. The van der Waals surface area contributed by atoms with Crippen LogP contribution in [0.3, 0.4) is 0 Å². The van der Waals surface area contributed by atoms with Crippen molar-refractivity contribution in [2.45, 2.75) is 19.8 Å². The number of aromatic hydroxyl groups is 1. The molecule has 2 aromatic carbocycles. The van der Waals surface area contributed by atoms with E-state index >= 15 is 0 Å². The molecule has 0 radical (unpaired) electrons. The predicted molar refractivity (Wildman–Crippen MR) is 104 cm³/mol. The molecule has 3 aromatic rings. The van der Waals surface area contributed by atoms with Gasteiger partial charge in [-0.15, -0.1) is 10.2 Å². The minimum atomic E-state index is -0.598. The van der Waals surface area contributed by atoms with Crippen molar-refractivity contribution in [3.8, 4) is 5.75 Å². The van der Waals surface area contributed by atoms with Gasteiger partial charge in [0.15, 0.2) is 0 Å². The highest BCUT2D eigenvalue weighted by Crippen LogP contribution is 2.25. The fraction of sp³-hybridized carbons (Fsp3) is 0.158. The number of aromatic nitrogens is 2. The van der Waals surface area contributed by atoms with E-state index in [1.807, 2.05) is 0 Å². The van der Waals surface area contributed by atoms with Gasteiger partial charge in [-0.05, 0) is 29.8 Å². The van der Waals surface area contributed by atoms with E-state index in [0.717, 1.165) is 11.3 Å². The van der Waals surface area contributed by atoms with Crippen LogP contribution in [0.4, 0.5) is 15.2 Å². The van der Waals surface area contributed by atoms with Gasteiger partial charge in [-0.1, -0.05) is 36.5 Å². The Morgan fingerprint density at radius 3 is 2.68 bits per heavy atom. The van der Waals surface area contributed by atoms with Gasteiger partial charge in [-0.3, -0.25) is 14.9 Å². The van der Waals surface area contributed by atoms with Gasteiger partial charge in [0.2, 0.25) is 11.0 Å². The lowest BCUT2D eigenvalue weighted by Gasteiger charge is -2.08. The van der Waals surface area contributed by atoms with Gasteiger partial charge in [0.05, 0.1) is 5.56 Å². The van der Waals surface area contributed by atoms with E-state index in [2.05, 4.69) is 20.8 Å². The Morgan fingerprint density at radius 2 is 1.93 bits per heavy atom. The van der Waals surface area contributed by atoms with Gasteiger partial charge in [0, 0.05) is 18.5 Å². The van der Waals surface area contributed by atoms with Crippen LogP contribution in [-0.2, 0) is 11.2 Å². The summed E-state index contributed by atoms with van der Waals surface area (Å²) < 4.78 is 13.7. The molecule has 2 amide bonds. The molecule has 1 aromatic heterocycles. The monoisotopic (exact) mass is 400 g/mol. The molecule has 0 saturated carbocycles. The maximum absolute atomic E-state index is 13.7. The number of nitrogens with zero attached hydrogens (tertiary/aromatic N) is 2. The Labute approximate surface area is 164 Å². The first kappa shape index (κ1) is 19.4. The van der Waals surface area contributed by atoms with Gasteiger partial charge < -0.3 is 10.4 Å². The molecular formula is C19H17FN4O3S. The second-order valence-electron chi connectivity index (χ2n) is 5.86. The van der Waals surface area contributed by atoms with Crippen molar-refractivity contribution in [1.82, 2.24) is 10.2 Å². The van der Waals surface area contributed by atoms with Crippen LogP contribution in [0.25, 0.3) is 0 Å². The number of benzene rings is 2. The maximum atomic E-state index is 13.7. The van der Waals surface area contributed by atoms with Crippen LogP contribution < -0.4 is 10.6 Å². The molecule has 3 N–H and O–H groups in total. The topological polar surface area (TPSA) is 104 Å².